The van der Waals surface area contributed by atoms with Crippen molar-refractivity contribution in [2.24, 2.45) is 0 Å². The van der Waals surface area contributed by atoms with Crippen LogP contribution in [0.25, 0.3) is 11.3 Å². The fraction of sp³-hybridized carbons (Fsp3) is 0.200. The lowest BCUT2D eigenvalue weighted by Crippen LogP contribution is -2.20. The highest BCUT2D eigenvalue weighted by Gasteiger charge is 2.11. The van der Waals surface area contributed by atoms with Gasteiger partial charge in [-0.1, -0.05) is 24.3 Å². The van der Waals surface area contributed by atoms with Gasteiger partial charge >= 0.3 is 0 Å². The molecule has 5 heteroatoms. The Morgan fingerprint density at radius 1 is 1.08 bits per heavy atom. The summed E-state index contributed by atoms with van der Waals surface area (Å²) in [7, 11) is 0. The second-order valence-electron chi connectivity index (χ2n) is 5.94. The molecule has 0 spiro atoms. The maximum absolute atomic E-state index is 12.0. The molecule has 0 radical (unpaired) electrons. The minimum absolute atomic E-state index is 0.0401. The average molecular weight is 352 g/mol. The number of anilines is 1. The van der Waals surface area contributed by atoms with Gasteiger partial charge < -0.3 is 4.74 Å². The van der Waals surface area contributed by atoms with E-state index in [4.69, 9.17) is 4.74 Å². The van der Waals surface area contributed by atoms with E-state index in [1.165, 1.54) is 28.0 Å². The summed E-state index contributed by atoms with van der Waals surface area (Å²) in [5.41, 5.74) is 5.66. The molecule has 0 aliphatic carbocycles. The molecule has 0 saturated heterocycles. The van der Waals surface area contributed by atoms with Gasteiger partial charge in [0.25, 0.3) is 5.91 Å². The van der Waals surface area contributed by atoms with Crippen LogP contribution in [0.2, 0.25) is 0 Å². The van der Waals surface area contributed by atoms with Gasteiger partial charge in [0.05, 0.1) is 5.69 Å². The van der Waals surface area contributed by atoms with Crippen LogP contribution >= 0.6 is 11.3 Å². The average Bonchev–Trinajstić information content (AvgIpc) is 3.05. The number of carbonyl (C=O) groups excluding carboxylic acids is 1. The molecule has 128 valence electrons. The molecule has 0 unspecified atom stereocenters. The third-order valence-electron chi connectivity index (χ3n) is 3.98. The highest BCUT2D eigenvalue weighted by Crippen LogP contribution is 2.29. The maximum atomic E-state index is 12.0. The zero-order valence-corrected chi connectivity index (χ0v) is 15.3. The molecule has 1 aromatic heterocycles. The summed E-state index contributed by atoms with van der Waals surface area (Å²) in [5.74, 6) is 0.449. The first kappa shape index (κ1) is 17.2. The van der Waals surface area contributed by atoms with Crippen LogP contribution in [0.1, 0.15) is 16.7 Å². The first-order chi connectivity index (χ1) is 12.0. The Morgan fingerprint density at radius 2 is 1.80 bits per heavy atom. The predicted octanol–water partition coefficient (Wildman–Crippen LogP) is 4.75. The summed E-state index contributed by atoms with van der Waals surface area (Å²) in [6, 6.07) is 13.6. The number of para-hydroxylation sites is 1. The van der Waals surface area contributed by atoms with Crippen LogP contribution in [-0.2, 0) is 4.79 Å². The van der Waals surface area contributed by atoms with Gasteiger partial charge in [-0.05, 0) is 55.7 Å². The molecule has 25 heavy (non-hydrogen) atoms. The zero-order chi connectivity index (χ0) is 17.8. The van der Waals surface area contributed by atoms with Crippen LogP contribution in [0.3, 0.4) is 0 Å². The Kier molecular flexibility index (Phi) is 5.14. The van der Waals surface area contributed by atoms with Gasteiger partial charge in [0.15, 0.2) is 11.7 Å². The Labute approximate surface area is 151 Å². The Hall–Kier alpha value is -2.66. The largest absolute Gasteiger partial charge is 0.484 e. The van der Waals surface area contributed by atoms with Crippen LogP contribution in [0.15, 0.2) is 47.8 Å². The number of carbonyl (C=O) groups is 1. The van der Waals surface area contributed by atoms with Crippen molar-refractivity contribution in [3.8, 4) is 17.0 Å². The first-order valence-corrected chi connectivity index (χ1v) is 8.92. The van der Waals surface area contributed by atoms with E-state index in [9.17, 15) is 4.79 Å². The van der Waals surface area contributed by atoms with E-state index in [0.29, 0.717) is 10.9 Å². The second-order valence-corrected chi connectivity index (χ2v) is 6.80. The smallest absolute Gasteiger partial charge is 0.264 e. The van der Waals surface area contributed by atoms with Gasteiger partial charge in [0.1, 0.15) is 5.75 Å². The molecule has 1 N–H and O–H groups in total. The van der Waals surface area contributed by atoms with Crippen molar-refractivity contribution in [2.45, 2.75) is 20.8 Å². The van der Waals surface area contributed by atoms with E-state index >= 15 is 0 Å². The molecule has 2 aromatic carbocycles. The van der Waals surface area contributed by atoms with Crippen LogP contribution in [0.5, 0.6) is 5.75 Å². The van der Waals surface area contributed by atoms with Crippen molar-refractivity contribution in [1.82, 2.24) is 4.98 Å². The Morgan fingerprint density at radius 3 is 2.56 bits per heavy atom. The van der Waals surface area contributed by atoms with Crippen molar-refractivity contribution in [1.29, 1.82) is 0 Å². The number of aromatic nitrogens is 1. The molecule has 0 atom stereocenters. The fourth-order valence-corrected chi connectivity index (χ4v) is 3.24. The van der Waals surface area contributed by atoms with E-state index in [0.717, 1.165) is 11.3 Å². The number of aryl methyl sites for hydroxylation is 3. The van der Waals surface area contributed by atoms with Crippen molar-refractivity contribution in [2.75, 3.05) is 11.9 Å². The number of ether oxygens (including phenoxy) is 1. The van der Waals surface area contributed by atoms with Crippen molar-refractivity contribution < 1.29 is 9.53 Å². The van der Waals surface area contributed by atoms with Crippen LogP contribution in [0, 0.1) is 20.8 Å². The molecule has 1 heterocycles. The van der Waals surface area contributed by atoms with Crippen LogP contribution in [0.4, 0.5) is 5.13 Å². The standard InChI is InChI=1S/C20H20N2O2S/c1-13-9-15(3)17(10-14(13)2)18-12-25-20(21-18)22-19(23)11-24-16-7-5-4-6-8-16/h4-10,12H,11H2,1-3H3,(H,21,22,23). The number of thiazole rings is 1. The minimum atomic E-state index is -0.221. The monoisotopic (exact) mass is 352 g/mol. The number of amides is 1. The van der Waals surface area contributed by atoms with E-state index < -0.39 is 0 Å². The summed E-state index contributed by atoms with van der Waals surface area (Å²) < 4.78 is 5.44. The first-order valence-electron chi connectivity index (χ1n) is 8.04. The van der Waals surface area contributed by atoms with Gasteiger partial charge in [-0.2, -0.15) is 0 Å². The second kappa shape index (κ2) is 7.49. The van der Waals surface area contributed by atoms with E-state index in [1.807, 2.05) is 35.7 Å². The number of hydrogen-bond donors (Lipinski definition) is 1. The van der Waals surface area contributed by atoms with E-state index in [2.05, 4.69) is 43.2 Å². The van der Waals surface area contributed by atoms with Gasteiger partial charge in [-0.15, -0.1) is 11.3 Å². The summed E-state index contributed by atoms with van der Waals surface area (Å²) >= 11 is 1.41. The van der Waals surface area contributed by atoms with Gasteiger partial charge in [-0.3, -0.25) is 10.1 Å². The van der Waals surface area contributed by atoms with E-state index in [-0.39, 0.29) is 12.5 Å². The summed E-state index contributed by atoms with van der Waals surface area (Å²) in [4.78, 5) is 16.6. The van der Waals surface area contributed by atoms with Gasteiger partial charge in [0, 0.05) is 10.9 Å². The summed E-state index contributed by atoms with van der Waals surface area (Å²) in [6.07, 6.45) is 0. The lowest BCUT2D eigenvalue weighted by molar-refractivity contribution is -0.118. The fourth-order valence-electron chi connectivity index (χ4n) is 2.51. The number of benzene rings is 2. The molecular formula is C20H20N2O2S. The molecule has 0 saturated carbocycles. The highest BCUT2D eigenvalue weighted by molar-refractivity contribution is 7.14. The summed E-state index contributed by atoms with van der Waals surface area (Å²) in [6.45, 7) is 6.23. The topological polar surface area (TPSA) is 51.2 Å². The molecule has 3 aromatic rings. The zero-order valence-electron chi connectivity index (χ0n) is 14.5. The van der Waals surface area contributed by atoms with Crippen LogP contribution < -0.4 is 10.1 Å². The normalized spacial score (nSPS) is 10.5. The third kappa shape index (κ3) is 4.25. The molecule has 0 aliphatic heterocycles. The molecule has 4 nitrogen and oxygen atoms in total. The summed E-state index contributed by atoms with van der Waals surface area (Å²) in [5, 5.41) is 5.33. The number of rotatable bonds is 5. The molecule has 0 bridgehead atoms. The lowest BCUT2D eigenvalue weighted by Gasteiger charge is -2.07. The molecule has 0 aliphatic rings. The van der Waals surface area contributed by atoms with Crippen molar-refractivity contribution in [3.63, 3.8) is 0 Å². The predicted molar refractivity (Wildman–Crippen MR) is 102 cm³/mol. The minimum Gasteiger partial charge on any atom is -0.484 e. The molecule has 3 rings (SSSR count). The number of nitrogens with zero attached hydrogens (tertiary/aromatic N) is 1. The maximum Gasteiger partial charge on any atom is 0.264 e. The molecule has 1 amide bonds. The quantitative estimate of drug-likeness (QED) is 0.721. The van der Waals surface area contributed by atoms with Crippen molar-refractivity contribution in [3.05, 3.63) is 64.5 Å². The highest BCUT2D eigenvalue weighted by atomic mass is 32.1. The SMILES string of the molecule is Cc1cc(C)c(-c2csc(NC(=O)COc3ccccc3)n2)cc1C. The van der Waals surface area contributed by atoms with Crippen LogP contribution in [-0.4, -0.2) is 17.5 Å². The Bertz CT molecular complexity index is 888. The lowest BCUT2D eigenvalue weighted by atomic mass is 9.99. The molecular weight excluding hydrogens is 332 g/mol. The van der Waals surface area contributed by atoms with Gasteiger partial charge in [-0.25, -0.2) is 4.98 Å². The van der Waals surface area contributed by atoms with Crippen molar-refractivity contribution >= 4 is 22.4 Å². The third-order valence-corrected chi connectivity index (χ3v) is 4.74. The number of nitrogens with one attached hydrogen (secondary N) is 1. The van der Waals surface area contributed by atoms with Gasteiger partial charge in [0.2, 0.25) is 0 Å². The number of hydrogen-bond acceptors (Lipinski definition) is 4. The van der Waals surface area contributed by atoms with E-state index in [1.54, 1.807) is 0 Å². The molecule has 0 fully saturated rings. The Balaban J connectivity index is 1.65.